The van der Waals surface area contributed by atoms with Crippen molar-refractivity contribution in [1.29, 1.82) is 0 Å². The Morgan fingerprint density at radius 3 is 2.69 bits per heavy atom. The highest BCUT2D eigenvalue weighted by atomic mass is 19.2. The first-order chi connectivity index (χ1) is 12.5. The van der Waals surface area contributed by atoms with Crippen LogP contribution in [0.1, 0.15) is 35.8 Å². The number of piperazine rings is 1. The summed E-state index contributed by atoms with van der Waals surface area (Å²) in [4.78, 5) is 14.3. The lowest BCUT2D eigenvalue weighted by molar-refractivity contribution is 0.0700. The van der Waals surface area contributed by atoms with Crippen LogP contribution in [0.4, 0.5) is 8.78 Å². The number of rotatable bonds is 4. The summed E-state index contributed by atoms with van der Waals surface area (Å²) in [5, 5.41) is 3.40. The number of nitrogens with zero attached hydrogens (tertiary/aromatic N) is 1. The van der Waals surface area contributed by atoms with Crippen molar-refractivity contribution in [3.05, 3.63) is 65.2 Å². The van der Waals surface area contributed by atoms with E-state index in [2.05, 4.69) is 5.32 Å². The van der Waals surface area contributed by atoms with Crippen LogP contribution >= 0.6 is 0 Å². The van der Waals surface area contributed by atoms with Gasteiger partial charge in [0.05, 0.1) is 12.1 Å². The molecule has 0 aliphatic carbocycles. The first-order valence-electron chi connectivity index (χ1n) is 8.69. The van der Waals surface area contributed by atoms with Gasteiger partial charge in [0, 0.05) is 30.8 Å². The van der Waals surface area contributed by atoms with E-state index in [1.807, 2.05) is 38.1 Å². The zero-order valence-electron chi connectivity index (χ0n) is 14.8. The summed E-state index contributed by atoms with van der Waals surface area (Å²) in [5.74, 6) is -1.50. The molecule has 1 atom stereocenters. The van der Waals surface area contributed by atoms with Crippen molar-refractivity contribution >= 4 is 5.91 Å². The Kier molecular flexibility index (Phi) is 5.52. The predicted octanol–water partition coefficient (Wildman–Crippen LogP) is 3.54. The van der Waals surface area contributed by atoms with E-state index < -0.39 is 11.6 Å². The van der Waals surface area contributed by atoms with Gasteiger partial charge in [0.2, 0.25) is 0 Å². The number of carbonyl (C=O) groups excluding carboxylic acids is 1. The van der Waals surface area contributed by atoms with Gasteiger partial charge in [0.15, 0.2) is 11.6 Å². The van der Waals surface area contributed by atoms with Crippen LogP contribution in [-0.4, -0.2) is 36.5 Å². The Morgan fingerprint density at radius 1 is 1.19 bits per heavy atom. The molecule has 0 bridgehead atoms. The van der Waals surface area contributed by atoms with Gasteiger partial charge in [-0.25, -0.2) is 8.78 Å². The van der Waals surface area contributed by atoms with E-state index in [-0.39, 0.29) is 23.6 Å². The second-order valence-electron chi connectivity index (χ2n) is 6.59. The lowest BCUT2D eigenvalue weighted by atomic mass is 10.0. The lowest BCUT2D eigenvalue weighted by Gasteiger charge is -2.35. The van der Waals surface area contributed by atoms with Gasteiger partial charge in [-0.1, -0.05) is 18.2 Å². The molecular formula is C20H22F2N2O2. The first kappa shape index (κ1) is 18.3. The Morgan fingerprint density at radius 2 is 1.96 bits per heavy atom. The topological polar surface area (TPSA) is 41.6 Å². The predicted molar refractivity (Wildman–Crippen MR) is 95.2 cm³/mol. The first-order valence-corrected chi connectivity index (χ1v) is 8.69. The molecule has 1 aliphatic heterocycles. The normalized spacial score (nSPS) is 17.4. The Hall–Kier alpha value is -2.47. The van der Waals surface area contributed by atoms with E-state index in [0.29, 0.717) is 19.6 Å². The van der Waals surface area contributed by atoms with Gasteiger partial charge in [0.25, 0.3) is 5.91 Å². The van der Waals surface area contributed by atoms with Gasteiger partial charge < -0.3 is 15.0 Å². The number of nitrogens with one attached hydrogen (secondary N) is 1. The van der Waals surface area contributed by atoms with E-state index in [1.165, 1.54) is 6.07 Å². The molecule has 1 heterocycles. The summed E-state index contributed by atoms with van der Waals surface area (Å²) in [7, 11) is 0. The third-order valence-corrected chi connectivity index (χ3v) is 4.29. The van der Waals surface area contributed by atoms with Gasteiger partial charge in [-0.2, -0.15) is 0 Å². The number of hydrogen-bond donors (Lipinski definition) is 1. The average molecular weight is 360 g/mol. The van der Waals surface area contributed by atoms with Crippen molar-refractivity contribution in [2.45, 2.75) is 26.0 Å². The van der Waals surface area contributed by atoms with Crippen molar-refractivity contribution in [2.75, 3.05) is 19.6 Å². The zero-order valence-corrected chi connectivity index (χ0v) is 14.8. The Balaban J connectivity index is 1.79. The van der Waals surface area contributed by atoms with Crippen molar-refractivity contribution in [1.82, 2.24) is 10.2 Å². The van der Waals surface area contributed by atoms with E-state index in [0.717, 1.165) is 23.4 Å². The highest BCUT2D eigenvalue weighted by Crippen LogP contribution is 2.28. The number of carbonyl (C=O) groups is 1. The quantitative estimate of drug-likeness (QED) is 0.907. The number of hydrogen-bond acceptors (Lipinski definition) is 3. The van der Waals surface area contributed by atoms with Crippen LogP contribution in [0.2, 0.25) is 0 Å². The fourth-order valence-electron chi connectivity index (χ4n) is 3.08. The summed E-state index contributed by atoms with van der Waals surface area (Å²) < 4.78 is 32.4. The molecule has 3 rings (SSSR count). The monoisotopic (exact) mass is 360 g/mol. The molecule has 0 unspecified atom stereocenters. The maximum Gasteiger partial charge on any atom is 0.254 e. The summed E-state index contributed by atoms with van der Waals surface area (Å²) >= 11 is 0. The standard InChI is InChI=1S/C20H22F2N2O2/c1-13(2)26-19-6-4-3-5-15(19)18-12-24(10-9-23-18)20(25)14-7-8-16(21)17(22)11-14/h3-8,11,13,18,23H,9-10,12H2,1-2H3/t18-/m0/s1. The molecule has 1 fully saturated rings. The highest BCUT2D eigenvalue weighted by molar-refractivity contribution is 5.94. The van der Waals surface area contributed by atoms with Gasteiger partial charge in [-0.05, 0) is 38.1 Å². The van der Waals surface area contributed by atoms with Gasteiger partial charge in [0.1, 0.15) is 5.75 Å². The zero-order chi connectivity index (χ0) is 18.7. The number of halogens is 2. The number of para-hydroxylation sites is 1. The molecule has 1 aliphatic rings. The number of ether oxygens (including phenoxy) is 1. The molecule has 0 saturated carbocycles. The molecule has 1 N–H and O–H groups in total. The van der Waals surface area contributed by atoms with Crippen LogP contribution < -0.4 is 10.1 Å². The fraction of sp³-hybridized carbons (Fsp3) is 0.350. The second-order valence-corrected chi connectivity index (χ2v) is 6.59. The maximum atomic E-state index is 13.4. The summed E-state index contributed by atoms with van der Waals surface area (Å²) in [6.45, 7) is 5.46. The van der Waals surface area contributed by atoms with Crippen molar-refractivity contribution in [3.8, 4) is 5.75 Å². The summed E-state index contributed by atoms with van der Waals surface area (Å²) in [5.41, 5.74) is 1.13. The SMILES string of the molecule is CC(C)Oc1ccccc1[C@@H]1CN(C(=O)c2ccc(F)c(F)c2)CCN1. The minimum absolute atomic E-state index is 0.0414. The van der Waals surface area contributed by atoms with Crippen LogP contribution in [-0.2, 0) is 0 Å². The van der Waals surface area contributed by atoms with Crippen LogP contribution in [0, 0.1) is 11.6 Å². The van der Waals surface area contributed by atoms with E-state index in [9.17, 15) is 13.6 Å². The van der Waals surface area contributed by atoms with E-state index >= 15 is 0 Å². The molecule has 1 amide bonds. The largest absolute Gasteiger partial charge is 0.491 e. The van der Waals surface area contributed by atoms with Crippen molar-refractivity contribution in [2.24, 2.45) is 0 Å². The molecular weight excluding hydrogens is 338 g/mol. The molecule has 138 valence electrons. The Bertz CT molecular complexity index is 795. The molecule has 6 heteroatoms. The molecule has 26 heavy (non-hydrogen) atoms. The lowest BCUT2D eigenvalue weighted by Crippen LogP contribution is -2.48. The van der Waals surface area contributed by atoms with Gasteiger partial charge in [-0.3, -0.25) is 4.79 Å². The molecule has 2 aromatic carbocycles. The fourth-order valence-corrected chi connectivity index (χ4v) is 3.08. The van der Waals surface area contributed by atoms with Crippen molar-refractivity contribution in [3.63, 3.8) is 0 Å². The molecule has 4 nitrogen and oxygen atoms in total. The second kappa shape index (κ2) is 7.83. The number of amides is 1. The minimum Gasteiger partial charge on any atom is -0.491 e. The average Bonchev–Trinajstić information content (AvgIpc) is 2.63. The molecule has 0 spiro atoms. The van der Waals surface area contributed by atoms with Crippen LogP contribution in [0.3, 0.4) is 0 Å². The molecule has 0 radical (unpaired) electrons. The molecule has 2 aromatic rings. The maximum absolute atomic E-state index is 13.4. The third-order valence-electron chi connectivity index (χ3n) is 4.29. The highest BCUT2D eigenvalue weighted by Gasteiger charge is 2.27. The van der Waals surface area contributed by atoms with Gasteiger partial charge in [-0.15, -0.1) is 0 Å². The van der Waals surface area contributed by atoms with Gasteiger partial charge >= 0.3 is 0 Å². The summed E-state index contributed by atoms with van der Waals surface area (Å²) in [6, 6.07) is 10.9. The van der Waals surface area contributed by atoms with Crippen LogP contribution in [0.25, 0.3) is 0 Å². The minimum atomic E-state index is -1.02. The van der Waals surface area contributed by atoms with Crippen molar-refractivity contribution < 1.29 is 18.3 Å². The molecule has 0 aromatic heterocycles. The van der Waals surface area contributed by atoms with Crippen LogP contribution in [0.5, 0.6) is 5.75 Å². The van der Waals surface area contributed by atoms with Crippen LogP contribution in [0.15, 0.2) is 42.5 Å². The smallest absolute Gasteiger partial charge is 0.254 e. The van der Waals surface area contributed by atoms with E-state index in [1.54, 1.807) is 4.90 Å². The van der Waals surface area contributed by atoms with E-state index in [4.69, 9.17) is 4.74 Å². The summed E-state index contributed by atoms with van der Waals surface area (Å²) in [6.07, 6.45) is 0.0414. The number of benzene rings is 2. The molecule has 1 saturated heterocycles. The Labute approximate surface area is 151 Å². The third kappa shape index (κ3) is 4.02.